The van der Waals surface area contributed by atoms with E-state index in [0.717, 1.165) is 6.42 Å². The zero-order valence-corrected chi connectivity index (χ0v) is 10.4. The van der Waals surface area contributed by atoms with Crippen molar-refractivity contribution >= 4 is 0 Å². The summed E-state index contributed by atoms with van der Waals surface area (Å²) in [5.41, 5.74) is 0.602. The molecule has 102 valence electrons. The van der Waals surface area contributed by atoms with Crippen molar-refractivity contribution in [3.8, 4) is 5.75 Å². The molecule has 1 N–H and O–H groups in total. The second-order valence-electron chi connectivity index (χ2n) is 4.60. The minimum Gasteiger partial charge on any atom is -0.406 e. The molecule has 5 heteroatoms. The highest BCUT2D eigenvalue weighted by Gasteiger charge is 2.31. The maximum absolute atomic E-state index is 11.9. The van der Waals surface area contributed by atoms with Crippen LogP contribution < -0.4 is 4.74 Å². The van der Waals surface area contributed by atoms with Gasteiger partial charge in [0.25, 0.3) is 0 Å². The van der Waals surface area contributed by atoms with Crippen LogP contribution in [0.1, 0.15) is 38.4 Å². The minimum atomic E-state index is -4.68. The fraction of sp³-hybridized carbons (Fsp3) is 0.538. The molecule has 0 aliphatic rings. The number of hydrogen-bond donors (Lipinski definition) is 1. The van der Waals surface area contributed by atoms with Gasteiger partial charge in [-0.1, -0.05) is 26.0 Å². The molecule has 0 bridgehead atoms. The van der Waals surface area contributed by atoms with E-state index in [4.69, 9.17) is 0 Å². The zero-order chi connectivity index (χ0) is 13.8. The minimum absolute atomic E-state index is 0.276. The molecular weight excluding hydrogens is 245 g/mol. The van der Waals surface area contributed by atoms with E-state index in [-0.39, 0.29) is 5.75 Å². The predicted molar refractivity (Wildman–Crippen MR) is 62.2 cm³/mol. The Morgan fingerprint density at radius 1 is 1.11 bits per heavy atom. The van der Waals surface area contributed by atoms with Gasteiger partial charge in [0, 0.05) is 0 Å². The maximum Gasteiger partial charge on any atom is 0.573 e. The van der Waals surface area contributed by atoms with Gasteiger partial charge in [-0.05, 0) is 36.5 Å². The van der Waals surface area contributed by atoms with Gasteiger partial charge in [0.15, 0.2) is 0 Å². The molecule has 0 saturated heterocycles. The Morgan fingerprint density at radius 2 is 1.67 bits per heavy atom. The molecule has 0 fully saturated rings. The summed E-state index contributed by atoms with van der Waals surface area (Å²) in [5.74, 6) is 0.204. The summed E-state index contributed by atoms with van der Waals surface area (Å²) in [6.07, 6.45) is -3.87. The van der Waals surface area contributed by atoms with Crippen molar-refractivity contribution < 1.29 is 23.0 Å². The van der Waals surface area contributed by atoms with Crippen molar-refractivity contribution in [3.63, 3.8) is 0 Å². The first kappa shape index (κ1) is 14.8. The quantitative estimate of drug-likeness (QED) is 0.867. The lowest BCUT2D eigenvalue weighted by molar-refractivity contribution is -0.274. The largest absolute Gasteiger partial charge is 0.573 e. The third kappa shape index (κ3) is 5.40. The summed E-state index contributed by atoms with van der Waals surface area (Å²) in [6, 6.07) is 5.32. The van der Waals surface area contributed by atoms with Gasteiger partial charge >= 0.3 is 6.36 Å². The Kier molecular flexibility index (Phi) is 5.02. The number of ether oxygens (including phenoxy) is 1. The van der Waals surface area contributed by atoms with Crippen LogP contribution in [0.15, 0.2) is 24.3 Å². The van der Waals surface area contributed by atoms with Crippen molar-refractivity contribution in [3.05, 3.63) is 29.8 Å². The van der Waals surface area contributed by atoms with Crippen LogP contribution in [0.3, 0.4) is 0 Å². The van der Waals surface area contributed by atoms with Gasteiger partial charge in [-0.25, -0.2) is 0 Å². The first-order valence-corrected chi connectivity index (χ1v) is 5.81. The normalized spacial score (nSPS) is 13.7. The SMILES string of the molecule is CC(C)CCC(O)c1ccc(OC(F)(F)F)cc1. The number of aliphatic hydroxyl groups excluding tert-OH is 1. The zero-order valence-electron chi connectivity index (χ0n) is 10.4. The molecule has 0 heterocycles. The van der Waals surface area contributed by atoms with Crippen molar-refractivity contribution in [2.75, 3.05) is 0 Å². The van der Waals surface area contributed by atoms with E-state index in [1.807, 2.05) is 13.8 Å². The first-order valence-electron chi connectivity index (χ1n) is 5.81. The lowest BCUT2D eigenvalue weighted by Gasteiger charge is -2.13. The average Bonchev–Trinajstić information content (AvgIpc) is 2.24. The van der Waals surface area contributed by atoms with Gasteiger partial charge in [0.2, 0.25) is 0 Å². The van der Waals surface area contributed by atoms with Crippen LogP contribution in [0, 0.1) is 5.92 Å². The second kappa shape index (κ2) is 6.09. The molecule has 0 aromatic heterocycles. The molecule has 0 aliphatic heterocycles. The van der Waals surface area contributed by atoms with Crippen LogP contribution in [-0.2, 0) is 0 Å². The van der Waals surface area contributed by atoms with E-state index in [1.54, 1.807) is 0 Å². The highest BCUT2D eigenvalue weighted by atomic mass is 19.4. The van der Waals surface area contributed by atoms with Crippen molar-refractivity contribution in [1.82, 2.24) is 0 Å². The molecule has 1 rings (SSSR count). The van der Waals surface area contributed by atoms with Crippen LogP contribution in [0.4, 0.5) is 13.2 Å². The standard InChI is InChI=1S/C13H17F3O2/c1-9(2)3-8-12(17)10-4-6-11(7-5-10)18-13(14,15)16/h4-7,9,12,17H,3,8H2,1-2H3. The smallest absolute Gasteiger partial charge is 0.406 e. The van der Waals surface area contributed by atoms with Gasteiger partial charge in [-0.3, -0.25) is 0 Å². The van der Waals surface area contributed by atoms with Crippen LogP contribution in [-0.4, -0.2) is 11.5 Å². The molecule has 1 aromatic carbocycles. The fourth-order valence-electron chi connectivity index (χ4n) is 1.55. The Labute approximate surface area is 104 Å². The summed E-state index contributed by atoms with van der Waals surface area (Å²) in [4.78, 5) is 0. The van der Waals surface area contributed by atoms with E-state index in [1.165, 1.54) is 24.3 Å². The molecular formula is C13H17F3O2. The van der Waals surface area contributed by atoms with Crippen LogP contribution in [0.2, 0.25) is 0 Å². The highest BCUT2D eigenvalue weighted by molar-refractivity contribution is 5.28. The molecule has 0 aliphatic carbocycles. The number of hydrogen-bond acceptors (Lipinski definition) is 2. The Bertz CT molecular complexity index is 357. The topological polar surface area (TPSA) is 29.5 Å². The van der Waals surface area contributed by atoms with Gasteiger partial charge in [-0.2, -0.15) is 0 Å². The molecule has 1 atom stereocenters. The van der Waals surface area contributed by atoms with Crippen LogP contribution in [0.25, 0.3) is 0 Å². The Morgan fingerprint density at radius 3 is 2.11 bits per heavy atom. The maximum atomic E-state index is 11.9. The summed E-state index contributed by atoms with van der Waals surface area (Å²) >= 11 is 0. The molecule has 0 amide bonds. The first-order chi connectivity index (χ1) is 8.28. The summed E-state index contributed by atoms with van der Waals surface area (Å²) in [7, 11) is 0. The Balaban J connectivity index is 2.59. The van der Waals surface area contributed by atoms with Crippen LogP contribution in [0.5, 0.6) is 5.75 Å². The molecule has 0 spiro atoms. The van der Waals surface area contributed by atoms with E-state index in [2.05, 4.69) is 4.74 Å². The van der Waals surface area contributed by atoms with E-state index in [9.17, 15) is 18.3 Å². The predicted octanol–water partition coefficient (Wildman–Crippen LogP) is 4.05. The van der Waals surface area contributed by atoms with E-state index < -0.39 is 12.5 Å². The molecule has 1 unspecified atom stereocenters. The molecule has 2 nitrogen and oxygen atoms in total. The molecule has 1 aromatic rings. The number of alkyl halides is 3. The summed E-state index contributed by atoms with van der Waals surface area (Å²) < 4.78 is 39.6. The number of rotatable bonds is 5. The summed E-state index contributed by atoms with van der Waals surface area (Å²) in [5, 5.41) is 9.83. The van der Waals surface area contributed by atoms with Crippen molar-refractivity contribution in [2.24, 2.45) is 5.92 Å². The number of aliphatic hydroxyl groups is 1. The Hall–Kier alpha value is -1.23. The van der Waals surface area contributed by atoms with Crippen LogP contribution >= 0.6 is 0 Å². The average molecular weight is 262 g/mol. The molecule has 0 saturated carbocycles. The summed E-state index contributed by atoms with van der Waals surface area (Å²) in [6.45, 7) is 4.10. The fourth-order valence-corrected chi connectivity index (χ4v) is 1.55. The lowest BCUT2D eigenvalue weighted by Crippen LogP contribution is -2.17. The second-order valence-corrected chi connectivity index (χ2v) is 4.60. The van der Waals surface area contributed by atoms with E-state index >= 15 is 0 Å². The number of halogens is 3. The monoisotopic (exact) mass is 262 g/mol. The third-order valence-corrected chi connectivity index (χ3v) is 2.52. The lowest BCUT2D eigenvalue weighted by atomic mass is 10.00. The van der Waals surface area contributed by atoms with Crippen molar-refractivity contribution in [2.45, 2.75) is 39.2 Å². The van der Waals surface area contributed by atoms with E-state index in [0.29, 0.717) is 17.9 Å². The van der Waals surface area contributed by atoms with Gasteiger partial charge in [-0.15, -0.1) is 13.2 Å². The highest BCUT2D eigenvalue weighted by Crippen LogP contribution is 2.26. The molecule has 18 heavy (non-hydrogen) atoms. The van der Waals surface area contributed by atoms with Gasteiger partial charge < -0.3 is 9.84 Å². The third-order valence-electron chi connectivity index (χ3n) is 2.52. The number of benzene rings is 1. The van der Waals surface area contributed by atoms with Gasteiger partial charge in [0.1, 0.15) is 5.75 Å². The molecule has 0 radical (unpaired) electrons. The van der Waals surface area contributed by atoms with Crippen molar-refractivity contribution in [1.29, 1.82) is 0 Å². The van der Waals surface area contributed by atoms with Gasteiger partial charge in [0.05, 0.1) is 6.10 Å².